The Bertz CT molecular complexity index is 1060. The highest BCUT2D eigenvalue weighted by molar-refractivity contribution is 6.17. The third-order valence-corrected chi connectivity index (χ3v) is 6.16. The van der Waals surface area contributed by atoms with Gasteiger partial charge in [-0.2, -0.15) is 0 Å². The van der Waals surface area contributed by atoms with Crippen LogP contribution in [0.4, 0.5) is 0 Å². The van der Waals surface area contributed by atoms with Crippen molar-refractivity contribution >= 4 is 28.6 Å². The van der Waals surface area contributed by atoms with Crippen molar-refractivity contribution in [2.24, 2.45) is 5.41 Å². The summed E-state index contributed by atoms with van der Waals surface area (Å²) in [5.41, 5.74) is 6.37. The van der Waals surface area contributed by atoms with Gasteiger partial charge in [-0.1, -0.05) is 29.5 Å². The van der Waals surface area contributed by atoms with Crippen molar-refractivity contribution in [1.29, 1.82) is 0 Å². The van der Waals surface area contributed by atoms with E-state index in [1.165, 1.54) is 7.11 Å². The molecule has 0 saturated carbocycles. The lowest BCUT2D eigenvalue weighted by atomic mass is 9.69. The molecule has 0 aliphatic rings. The molecule has 1 unspecified atom stereocenters. The molecule has 0 spiro atoms. The average molecular weight is 414 g/mol. The fraction of sp³-hybridized carbons (Fsp3) is 0.435. The molecular weight excluding hydrogens is 386 g/mol. The Hall–Kier alpha value is -2.40. The SMILES string of the molecule is CCn1nnc2c(C)c(C(c3ccc(C)c(CCl)c3)C(C)(C)C(=O)OC)ccc21. The molecule has 5 nitrogen and oxygen atoms in total. The monoisotopic (exact) mass is 413 g/mol. The van der Waals surface area contributed by atoms with Gasteiger partial charge in [-0.05, 0) is 68.5 Å². The first-order valence-electron chi connectivity index (χ1n) is 9.82. The van der Waals surface area contributed by atoms with Gasteiger partial charge in [-0.15, -0.1) is 16.7 Å². The molecule has 0 saturated heterocycles. The van der Waals surface area contributed by atoms with Crippen molar-refractivity contribution in [2.45, 2.75) is 53.0 Å². The van der Waals surface area contributed by atoms with Gasteiger partial charge >= 0.3 is 5.97 Å². The van der Waals surface area contributed by atoms with Gasteiger partial charge in [0.15, 0.2) is 0 Å². The van der Waals surface area contributed by atoms with Crippen LogP contribution in [0.15, 0.2) is 30.3 Å². The molecule has 0 amide bonds. The van der Waals surface area contributed by atoms with E-state index in [4.69, 9.17) is 16.3 Å². The van der Waals surface area contributed by atoms with Gasteiger partial charge < -0.3 is 4.74 Å². The van der Waals surface area contributed by atoms with E-state index in [0.717, 1.165) is 45.4 Å². The van der Waals surface area contributed by atoms with E-state index in [1.54, 1.807) is 0 Å². The number of halogens is 1. The van der Waals surface area contributed by atoms with E-state index < -0.39 is 5.41 Å². The molecule has 0 aliphatic carbocycles. The van der Waals surface area contributed by atoms with Gasteiger partial charge in [0.2, 0.25) is 0 Å². The van der Waals surface area contributed by atoms with Crippen molar-refractivity contribution in [2.75, 3.05) is 7.11 Å². The Morgan fingerprint density at radius 2 is 1.97 bits per heavy atom. The summed E-state index contributed by atoms with van der Waals surface area (Å²) in [6.45, 7) is 10.7. The number of esters is 1. The number of alkyl halides is 1. The Kier molecular flexibility index (Phi) is 5.99. The summed E-state index contributed by atoms with van der Waals surface area (Å²) in [4.78, 5) is 12.8. The molecule has 29 heavy (non-hydrogen) atoms. The smallest absolute Gasteiger partial charge is 0.312 e. The molecule has 154 valence electrons. The Balaban J connectivity index is 2.28. The lowest BCUT2D eigenvalue weighted by molar-refractivity contribution is -0.151. The van der Waals surface area contributed by atoms with Crippen LogP contribution in [0.2, 0.25) is 0 Å². The minimum Gasteiger partial charge on any atom is -0.469 e. The maximum absolute atomic E-state index is 12.8. The molecule has 0 radical (unpaired) electrons. The number of methoxy groups -OCH3 is 1. The topological polar surface area (TPSA) is 57.0 Å². The quantitative estimate of drug-likeness (QED) is 0.414. The van der Waals surface area contributed by atoms with Crippen LogP contribution < -0.4 is 0 Å². The number of aryl methyl sites for hydroxylation is 3. The predicted molar refractivity (Wildman–Crippen MR) is 116 cm³/mol. The standard InChI is InChI=1S/C23H28ClN3O2/c1-7-27-19-11-10-18(15(3)21(19)25-26-27)20(23(4,5)22(28)29-6)16-9-8-14(2)17(12-16)13-24/h8-12,20H,7,13H2,1-6H3. The van der Waals surface area contributed by atoms with E-state index in [-0.39, 0.29) is 11.9 Å². The number of hydrogen-bond donors (Lipinski definition) is 0. The van der Waals surface area contributed by atoms with E-state index in [0.29, 0.717) is 5.88 Å². The molecule has 1 atom stereocenters. The normalized spacial score (nSPS) is 12.9. The number of benzene rings is 2. The molecule has 1 heterocycles. The first kappa shape index (κ1) is 21.3. The zero-order valence-corrected chi connectivity index (χ0v) is 18.7. The second kappa shape index (κ2) is 8.15. The van der Waals surface area contributed by atoms with E-state index in [1.807, 2.05) is 45.4 Å². The van der Waals surface area contributed by atoms with Crippen LogP contribution in [0.1, 0.15) is 54.5 Å². The molecule has 0 aliphatic heterocycles. The zero-order chi connectivity index (χ0) is 21.3. The minimum absolute atomic E-state index is 0.214. The van der Waals surface area contributed by atoms with Crippen molar-refractivity contribution in [3.8, 4) is 0 Å². The van der Waals surface area contributed by atoms with Crippen molar-refractivity contribution < 1.29 is 9.53 Å². The maximum Gasteiger partial charge on any atom is 0.312 e. The first-order chi connectivity index (χ1) is 13.8. The lowest BCUT2D eigenvalue weighted by Gasteiger charge is -2.34. The number of rotatable bonds is 6. The van der Waals surface area contributed by atoms with Crippen LogP contribution in [-0.2, 0) is 22.0 Å². The largest absolute Gasteiger partial charge is 0.469 e. The van der Waals surface area contributed by atoms with E-state index in [9.17, 15) is 4.79 Å². The highest BCUT2D eigenvalue weighted by Gasteiger charge is 2.41. The number of hydrogen-bond acceptors (Lipinski definition) is 4. The zero-order valence-electron chi connectivity index (χ0n) is 17.9. The minimum atomic E-state index is -0.785. The molecule has 0 bridgehead atoms. The summed E-state index contributed by atoms with van der Waals surface area (Å²) >= 11 is 6.17. The summed E-state index contributed by atoms with van der Waals surface area (Å²) in [7, 11) is 1.43. The average Bonchev–Trinajstić information content (AvgIpc) is 3.14. The summed E-state index contributed by atoms with van der Waals surface area (Å²) in [6, 6.07) is 10.4. The molecule has 0 N–H and O–H groups in total. The number of aromatic nitrogens is 3. The molecule has 2 aromatic carbocycles. The molecule has 3 aromatic rings. The highest BCUT2D eigenvalue weighted by atomic mass is 35.5. The van der Waals surface area contributed by atoms with Crippen LogP contribution >= 0.6 is 11.6 Å². The summed E-state index contributed by atoms with van der Waals surface area (Å²) < 4.78 is 7.05. The van der Waals surface area contributed by atoms with Crippen LogP contribution in [-0.4, -0.2) is 28.1 Å². The van der Waals surface area contributed by atoms with Gasteiger partial charge in [-0.3, -0.25) is 4.79 Å². The van der Waals surface area contributed by atoms with Gasteiger partial charge in [0.1, 0.15) is 5.52 Å². The molecule has 1 aromatic heterocycles. The molecular formula is C23H28ClN3O2. The van der Waals surface area contributed by atoms with Gasteiger partial charge in [-0.25, -0.2) is 4.68 Å². The van der Waals surface area contributed by atoms with Crippen LogP contribution in [0.5, 0.6) is 0 Å². The van der Waals surface area contributed by atoms with Gasteiger partial charge in [0.05, 0.1) is 18.0 Å². The van der Waals surface area contributed by atoms with Gasteiger partial charge in [0, 0.05) is 18.3 Å². The number of ether oxygens (including phenoxy) is 1. The Labute approximate surface area is 177 Å². The Morgan fingerprint density at radius 3 is 2.59 bits per heavy atom. The fourth-order valence-electron chi connectivity index (χ4n) is 4.11. The van der Waals surface area contributed by atoms with Crippen molar-refractivity contribution in [3.63, 3.8) is 0 Å². The van der Waals surface area contributed by atoms with Crippen LogP contribution in [0.25, 0.3) is 11.0 Å². The lowest BCUT2D eigenvalue weighted by Crippen LogP contribution is -2.34. The fourth-order valence-corrected chi connectivity index (χ4v) is 4.40. The van der Waals surface area contributed by atoms with Crippen LogP contribution in [0.3, 0.4) is 0 Å². The van der Waals surface area contributed by atoms with Crippen LogP contribution in [0, 0.1) is 19.3 Å². The number of nitrogens with zero attached hydrogens (tertiary/aromatic N) is 3. The third-order valence-electron chi connectivity index (χ3n) is 5.88. The molecule has 6 heteroatoms. The summed E-state index contributed by atoms with van der Waals surface area (Å²) in [5, 5.41) is 8.65. The van der Waals surface area contributed by atoms with E-state index >= 15 is 0 Å². The third kappa shape index (κ3) is 3.64. The van der Waals surface area contributed by atoms with Gasteiger partial charge in [0.25, 0.3) is 0 Å². The first-order valence-corrected chi connectivity index (χ1v) is 10.4. The van der Waals surface area contributed by atoms with Crippen molar-refractivity contribution in [3.05, 3.63) is 58.1 Å². The maximum atomic E-state index is 12.8. The number of carbonyl (C=O) groups excluding carboxylic acids is 1. The van der Waals surface area contributed by atoms with E-state index in [2.05, 4.69) is 34.6 Å². The molecule has 0 fully saturated rings. The molecule has 3 rings (SSSR count). The highest BCUT2D eigenvalue weighted by Crippen LogP contribution is 2.44. The summed E-state index contributed by atoms with van der Waals surface area (Å²) in [6.07, 6.45) is 0. The summed E-state index contributed by atoms with van der Waals surface area (Å²) in [5.74, 6) is -0.0469. The van der Waals surface area contributed by atoms with Crippen molar-refractivity contribution in [1.82, 2.24) is 15.0 Å². The Morgan fingerprint density at radius 1 is 1.24 bits per heavy atom. The number of fused-ring (bicyclic) bond motifs is 1. The number of carbonyl (C=O) groups is 1. The second-order valence-corrected chi connectivity index (χ2v) is 8.29. The predicted octanol–water partition coefficient (Wildman–Crippen LogP) is 5.14. The second-order valence-electron chi connectivity index (χ2n) is 8.02.